The highest BCUT2D eigenvalue weighted by Crippen LogP contribution is 2.41. The zero-order chi connectivity index (χ0) is 22.2. The average Bonchev–Trinajstić information content (AvgIpc) is 3.41. The van der Waals surface area contributed by atoms with Crippen molar-refractivity contribution in [3.63, 3.8) is 0 Å². The number of benzene rings is 2. The number of aromatic nitrogens is 4. The highest BCUT2D eigenvalue weighted by Gasteiger charge is 2.42. The third-order valence-electron chi connectivity index (χ3n) is 5.14. The number of halogens is 4. The largest absolute Gasteiger partial charge is 0.382 e. The maximum Gasteiger partial charge on any atom is 0.143 e. The quantitative estimate of drug-likeness (QED) is 0.463. The van der Waals surface area contributed by atoms with Crippen molar-refractivity contribution in [2.24, 2.45) is 0 Å². The van der Waals surface area contributed by atoms with Crippen molar-refractivity contribution in [3.05, 3.63) is 88.9 Å². The minimum absolute atomic E-state index is 0.135. The van der Waals surface area contributed by atoms with E-state index in [9.17, 15) is 18.3 Å². The van der Waals surface area contributed by atoms with Crippen LogP contribution in [0.15, 0.2) is 59.6 Å². The summed E-state index contributed by atoms with van der Waals surface area (Å²) in [4.78, 5) is 3.82. The van der Waals surface area contributed by atoms with Gasteiger partial charge in [-0.25, -0.2) is 22.8 Å². The van der Waals surface area contributed by atoms with E-state index >= 15 is 0 Å². The van der Waals surface area contributed by atoms with Crippen LogP contribution in [0, 0.1) is 17.5 Å². The zero-order valence-corrected chi connectivity index (χ0v) is 16.9. The minimum Gasteiger partial charge on any atom is -0.382 e. The summed E-state index contributed by atoms with van der Waals surface area (Å²) in [5, 5.41) is 19.6. The van der Waals surface area contributed by atoms with E-state index in [1.807, 2.05) is 0 Å². The molecule has 2 aromatic heterocycles. The van der Waals surface area contributed by atoms with Crippen LogP contribution in [0.1, 0.15) is 24.2 Å². The van der Waals surface area contributed by atoms with E-state index in [4.69, 9.17) is 16.1 Å². The maximum absolute atomic E-state index is 14.7. The van der Waals surface area contributed by atoms with Crippen LogP contribution in [0.2, 0.25) is 5.02 Å². The van der Waals surface area contributed by atoms with Crippen molar-refractivity contribution in [1.29, 1.82) is 0 Å². The highest BCUT2D eigenvalue weighted by molar-refractivity contribution is 6.30. The fraction of sp³-hybridized carbons (Fsp3) is 0.190. The molecule has 4 rings (SSSR count). The first-order valence-corrected chi connectivity index (χ1v) is 9.58. The summed E-state index contributed by atoms with van der Waals surface area (Å²) in [6.07, 6.45) is 2.59. The van der Waals surface area contributed by atoms with Crippen LogP contribution in [-0.2, 0) is 12.1 Å². The van der Waals surface area contributed by atoms with Gasteiger partial charge in [-0.3, -0.25) is 0 Å². The van der Waals surface area contributed by atoms with Crippen LogP contribution in [0.5, 0.6) is 0 Å². The van der Waals surface area contributed by atoms with Gasteiger partial charge in [-0.1, -0.05) is 23.7 Å². The predicted octanol–water partition coefficient (Wildman–Crippen LogP) is 4.70. The Bertz CT molecular complexity index is 1220. The topological polar surface area (TPSA) is 77.0 Å². The summed E-state index contributed by atoms with van der Waals surface area (Å²) >= 11 is 5.79. The molecular formula is C21H16ClF3N4O2. The summed E-state index contributed by atoms with van der Waals surface area (Å²) in [5.41, 5.74) is -1.97. The van der Waals surface area contributed by atoms with Crippen molar-refractivity contribution >= 4 is 11.6 Å². The lowest BCUT2D eigenvalue weighted by Crippen LogP contribution is -2.38. The van der Waals surface area contributed by atoms with E-state index in [2.05, 4.69) is 15.2 Å². The molecule has 0 aliphatic heterocycles. The van der Waals surface area contributed by atoms with Crippen molar-refractivity contribution in [3.8, 4) is 11.3 Å². The second-order valence-electron chi connectivity index (χ2n) is 7.10. The molecule has 160 valence electrons. The zero-order valence-electron chi connectivity index (χ0n) is 16.1. The molecule has 10 heteroatoms. The summed E-state index contributed by atoms with van der Waals surface area (Å²) in [6.45, 7) is 1.31. The van der Waals surface area contributed by atoms with Gasteiger partial charge in [0.25, 0.3) is 0 Å². The molecule has 0 aliphatic carbocycles. The van der Waals surface area contributed by atoms with Crippen molar-refractivity contribution in [1.82, 2.24) is 19.9 Å². The predicted molar refractivity (Wildman–Crippen MR) is 106 cm³/mol. The second-order valence-corrected chi connectivity index (χ2v) is 7.54. The molecule has 0 saturated carbocycles. The molecule has 6 nitrogen and oxygen atoms in total. The minimum atomic E-state index is -1.99. The van der Waals surface area contributed by atoms with Crippen molar-refractivity contribution in [2.75, 3.05) is 0 Å². The van der Waals surface area contributed by atoms with Gasteiger partial charge < -0.3 is 9.63 Å². The Labute approximate surface area is 179 Å². The molecule has 0 unspecified atom stereocenters. The van der Waals surface area contributed by atoms with Crippen LogP contribution in [0.3, 0.4) is 0 Å². The highest BCUT2D eigenvalue weighted by atomic mass is 35.5. The number of rotatable bonds is 6. The van der Waals surface area contributed by atoms with Gasteiger partial charge in [0.15, 0.2) is 0 Å². The second kappa shape index (κ2) is 8.16. The number of aliphatic hydroxyl groups is 1. The molecule has 0 fully saturated rings. The van der Waals surface area contributed by atoms with Gasteiger partial charge in [0, 0.05) is 22.2 Å². The molecule has 4 aromatic rings. The summed E-state index contributed by atoms with van der Waals surface area (Å²) in [5.74, 6) is -2.92. The Morgan fingerprint density at radius 1 is 1.13 bits per heavy atom. The Hall–Kier alpha value is -3.17. The Morgan fingerprint density at radius 2 is 1.94 bits per heavy atom. The SMILES string of the molecule is C[C@@H](c1cc(-c2ccc(Cl)cc2F)no1)[C@](O)(Cn1cncn1)c1cc(F)ccc1F. The van der Waals surface area contributed by atoms with E-state index in [0.717, 1.165) is 24.3 Å². The van der Waals surface area contributed by atoms with Crippen LogP contribution in [-0.4, -0.2) is 25.0 Å². The third-order valence-corrected chi connectivity index (χ3v) is 5.38. The summed E-state index contributed by atoms with van der Waals surface area (Å²) in [7, 11) is 0. The molecule has 0 spiro atoms. The van der Waals surface area contributed by atoms with Gasteiger partial charge in [-0.2, -0.15) is 5.10 Å². The van der Waals surface area contributed by atoms with Gasteiger partial charge in [-0.15, -0.1) is 0 Å². The van der Waals surface area contributed by atoms with E-state index in [0.29, 0.717) is 0 Å². The van der Waals surface area contributed by atoms with Crippen LogP contribution >= 0.6 is 11.6 Å². The first kappa shape index (κ1) is 21.1. The van der Waals surface area contributed by atoms with E-state index in [1.54, 1.807) is 6.92 Å². The molecule has 0 saturated heterocycles. The number of hydrogen-bond acceptors (Lipinski definition) is 5. The fourth-order valence-corrected chi connectivity index (χ4v) is 3.56. The molecule has 2 heterocycles. The smallest absolute Gasteiger partial charge is 0.143 e. The van der Waals surface area contributed by atoms with Crippen molar-refractivity contribution in [2.45, 2.75) is 25.0 Å². The fourth-order valence-electron chi connectivity index (χ4n) is 3.40. The number of nitrogens with zero attached hydrogens (tertiary/aromatic N) is 4. The monoisotopic (exact) mass is 448 g/mol. The molecule has 0 bridgehead atoms. The number of hydrogen-bond donors (Lipinski definition) is 1. The first-order chi connectivity index (χ1) is 14.8. The van der Waals surface area contributed by atoms with Crippen LogP contribution in [0.4, 0.5) is 13.2 Å². The van der Waals surface area contributed by atoms with Gasteiger partial charge >= 0.3 is 0 Å². The first-order valence-electron chi connectivity index (χ1n) is 9.20. The molecule has 2 atom stereocenters. The normalized spacial score (nSPS) is 14.4. The van der Waals surface area contributed by atoms with Gasteiger partial charge in [-0.05, 0) is 36.4 Å². The Balaban J connectivity index is 1.77. The molecule has 0 amide bonds. The Kier molecular flexibility index (Phi) is 5.55. The standard InChI is InChI=1S/C21H16ClF3N4O2/c1-12(20-8-19(28-31-20)15-4-2-13(22)6-18(15)25)21(30,9-29-11-26-10-27-29)16-7-14(23)3-5-17(16)24/h2-8,10-12,30H,9H2,1H3/t12-,21+/m0/s1. The van der Waals surface area contributed by atoms with Gasteiger partial charge in [0.1, 0.15) is 47.2 Å². The van der Waals surface area contributed by atoms with Crippen molar-refractivity contribution < 1.29 is 22.8 Å². The lowest BCUT2D eigenvalue weighted by molar-refractivity contribution is -0.0183. The summed E-state index contributed by atoms with van der Waals surface area (Å²) in [6, 6.07) is 8.31. The molecule has 2 aromatic carbocycles. The molecule has 0 radical (unpaired) electrons. The average molecular weight is 449 g/mol. The van der Waals surface area contributed by atoms with Gasteiger partial charge in [0.2, 0.25) is 0 Å². The molecule has 31 heavy (non-hydrogen) atoms. The third kappa shape index (κ3) is 4.06. The lowest BCUT2D eigenvalue weighted by atomic mass is 9.80. The Morgan fingerprint density at radius 3 is 2.65 bits per heavy atom. The maximum atomic E-state index is 14.7. The van der Waals surface area contributed by atoms with E-state index in [1.165, 1.54) is 35.5 Å². The molecule has 0 aliphatic rings. The van der Waals surface area contributed by atoms with Crippen LogP contribution < -0.4 is 0 Å². The van der Waals surface area contributed by atoms with E-state index in [-0.39, 0.29) is 34.1 Å². The van der Waals surface area contributed by atoms with Gasteiger partial charge in [0.05, 0.1) is 12.5 Å². The van der Waals surface area contributed by atoms with Crippen LogP contribution in [0.25, 0.3) is 11.3 Å². The van der Waals surface area contributed by atoms with E-state index < -0.39 is 29.0 Å². The lowest BCUT2D eigenvalue weighted by Gasteiger charge is -2.33. The molecule has 1 N–H and O–H groups in total. The molecular weight excluding hydrogens is 433 g/mol. The summed E-state index contributed by atoms with van der Waals surface area (Å²) < 4.78 is 49.5.